The van der Waals surface area contributed by atoms with Crippen LogP contribution in [0, 0.1) is 0 Å². The summed E-state index contributed by atoms with van der Waals surface area (Å²) in [7, 11) is 0. The van der Waals surface area contributed by atoms with E-state index in [1.807, 2.05) is 18.7 Å². The van der Waals surface area contributed by atoms with Crippen LogP contribution in [0.15, 0.2) is 0 Å². The van der Waals surface area contributed by atoms with Gasteiger partial charge in [-0.3, -0.25) is 0 Å². The lowest BCUT2D eigenvalue weighted by molar-refractivity contribution is -0.145. The van der Waals surface area contributed by atoms with Crippen LogP contribution in [0.2, 0.25) is 0 Å². The maximum absolute atomic E-state index is 12.1. The van der Waals surface area contributed by atoms with E-state index in [2.05, 4.69) is 12.2 Å². The molecule has 0 radical (unpaired) electrons. The summed E-state index contributed by atoms with van der Waals surface area (Å²) in [6.07, 6.45) is 2.31. The highest BCUT2D eigenvalue weighted by molar-refractivity contribution is 7.99. The van der Waals surface area contributed by atoms with Gasteiger partial charge in [0.25, 0.3) is 0 Å². The summed E-state index contributed by atoms with van der Waals surface area (Å²) in [5.74, 6) is 1.21. The molecule has 1 fully saturated rings. The SMILES string of the molecule is CCSCCC(C)NC(=O)N1CCC(OCC(=O)O)CC1. The van der Waals surface area contributed by atoms with Crippen LogP contribution in [0.3, 0.4) is 0 Å². The molecule has 0 saturated carbocycles. The number of likely N-dealkylation sites (tertiary alicyclic amines) is 1. The van der Waals surface area contributed by atoms with E-state index in [-0.39, 0.29) is 24.8 Å². The smallest absolute Gasteiger partial charge is 0.329 e. The second kappa shape index (κ2) is 9.89. The van der Waals surface area contributed by atoms with Gasteiger partial charge in [-0.05, 0) is 37.7 Å². The average Bonchev–Trinajstić information content (AvgIpc) is 2.45. The second-order valence-corrected chi connectivity index (χ2v) is 6.62. The molecular formula is C14H26N2O4S. The lowest BCUT2D eigenvalue weighted by atomic mass is 10.1. The number of carboxylic acid groups (broad SMARTS) is 1. The van der Waals surface area contributed by atoms with Crippen LogP contribution in [0.1, 0.15) is 33.1 Å². The number of thioether (sulfide) groups is 1. The minimum absolute atomic E-state index is 0.0271. The third-order valence-corrected chi connectivity index (χ3v) is 4.37. The Morgan fingerprint density at radius 1 is 1.43 bits per heavy atom. The van der Waals surface area contributed by atoms with Gasteiger partial charge in [-0.1, -0.05) is 6.92 Å². The van der Waals surface area contributed by atoms with Gasteiger partial charge in [0.15, 0.2) is 0 Å². The third-order valence-electron chi connectivity index (χ3n) is 3.44. The van der Waals surface area contributed by atoms with E-state index in [1.54, 1.807) is 4.90 Å². The van der Waals surface area contributed by atoms with Crippen LogP contribution in [0.5, 0.6) is 0 Å². The van der Waals surface area contributed by atoms with E-state index in [0.29, 0.717) is 25.9 Å². The molecule has 0 aliphatic carbocycles. The number of rotatable bonds is 8. The van der Waals surface area contributed by atoms with Gasteiger partial charge in [0.05, 0.1) is 6.10 Å². The zero-order valence-corrected chi connectivity index (χ0v) is 13.7. The summed E-state index contributed by atoms with van der Waals surface area (Å²) in [6.45, 7) is 5.13. The first-order valence-electron chi connectivity index (χ1n) is 7.49. The van der Waals surface area contributed by atoms with Crippen molar-refractivity contribution < 1.29 is 19.4 Å². The second-order valence-electron chi connectivity index (χ2n) is 5.23. The van der Waals surface area contributed by atoms with Crippen molar-refractivity contribution in [3.05, 3.63) is 0 Å². The molecule has 2 amide bonds. The van der Waals surface area contributed by atoms with Crippen LogP contribution in [-0.4, -0.2) is 65.4 Å². The Labute approximate surface area is 130 Å². The molecule has 0 aromatic carbocycles. The first-order valence-corrected chi connectivity index (χ1v) is 8.65. The Balaban J connectivity index is 2.20. The molecule has 1 aliphatic heterocycles. The standard InChI is InChI=1S/C14H26N2O4S/c1-3-21-9-6-11(2)15-14(19)16-7-4-12(5-8-16)20-10-13(17)18/h11-12H,3-10H2,1-2H3,(H,15,19)(H,17,18). The van der Waals surface area contributed by atoms with Gasteiger partial charge in [0, 0.05) is 19.1 Å². The van der Waals surface area contributed by atoms with Crippen molar-refractivity contribution in [2.24, 2.45) is 0 Å². The van der Waals surface area contributed by atoms with E-state index < -0.39 is 5.97 Å². The van der Waals surface area contributed by atoms with E-state index >= 15 is 0 Å². The van der Waals surface area contributed by atoms with Crippen LogP contribution in [0.25, 0.3) is 0 Å². The minimum atomic E-state index is -0.950. The third kappa shape index (κ3) is 7.57. The molecule has 0 aromatic heterocycles. The van der Waals surface area contributed by atoms with Crippen molar-refractivity contribution in [1.29, 1.82) is 0 Å². The normalized spacial score (nSPS) is 17.5. The first-order chi connectivity index (χ1) is 10.0. The molecule has 21 heavy (non-hydrogen) atoms. The molecule has 1 atom stereocenters. The molecule has 1 rings (SSSR count). The fraction of sp³-hybridized carbons (Fsp3) is 0.857. The zero-order chi connectivity index (χ0) is 15.7. The number of carbonyl (C=O) groups is 2. The number of urea groups is 1. The molecule has 122 valence electrons. The van der Waals surface area contributed by atoms with Gasteiger partial charge in [0.1, 0.15) is 6.61 Å². The number of hydrogen-bond donors (Lipinski definition) is 2. The Morgan fingerprint density at radius 2 is 2.10 bits per heavy atom. The molecule has 1 saturated heterocycles. The van der Waals surface area contributed by atoms with Crippen molar-refractivity contribution in [2.45, 2.75) is 45.3 Å². The van der Waals surface area contributed by atoms with Gasteiger partial charge in [-0.25, -0.2) is 9.59 Å². The van der Waals surface area contributed by atoms with Crippen LogP contribution < -0.4 is 5.32 Å². The molecule has 0 bridgehead atoms. The summed E-state index contributed by atoms with van der Waals surface area (Å²) in [4.78, 5) is 24.3. The number of nitrogens with one attached hydrogen (secondary N) is 1. The highest BCUT2D eigenvalue weighted by atomic mass is 32.2. The van der Waals surface area contributed by atoms with Crippen molar-refractivity contribution in [1.82, 2.24) is 10.2 Å². The highest BCUT2D eigenvalue weighted by Gasteiger charge is 2.24. The predicted molar refractivity (Wildman–Crippen MR) is 83.8 cm³/mol. The van der Waals surface area contributed by atoms with Crippen molar-refractivity contribution in [3.63, 3.8) is 0 Å². The summed E-state index contributed by atoms with van der Waals surface area (Å²) >= 11 is 1.88. The zero-order valence-electron chi connectivity index (χ0n) is 12.8. The number of carbonyl (C=O) groups excluding carboxylic acids is 1. The molecule has 1 unspecified atom stereocenters. The maximum atomic E-state index is 12.1. The number of hydrogen-bond acceptors (Lipinski definition) is 4. The lowest BCUT2D eigenvalue weighted by Gasteiger charge is -2.32. The van der Waals surface area contributed by atoms with Gasteiger partial charge >= 0.3 is 12.0 Å². The summed E-state index contributed by atoms with van der Waals surface area (Å²) < 4.78 is 5.26. The Bertz CT molecular complexity index is 333. The largest absolute Gasteiger partial charge is 0.480 e. The fourth-order valence-electron chi connectivity index (χ4n) is 2.19. The summed E-state index contributed by atoms with van der Waals surface area (Å²) in [5.41, 5.74) is 0. The summed E-state index contributed by atoms with van der Waals surface area (Å²) in [6, 6.07) is 0.151. The lowest BCUT2D eigenvalue weighted by Crippen LogP contribution is -2.48. The molecule has 1 aliphatic rings. The van der Waals surface area contributed by atoms with Gasteiger partial charge in [-0.2, -0.15) is 11.8 Å². The van der Waals surface area contributed by atoms with Crippen LogP contribution in [0.4, 0.5) is 4.79 Å². The Hall–Kier alpha value is -0.950. The van der Waals surface area contributed by atoms with Gasteiger partial charge in [-0.15, -0.1) is 0 Å². The topological polar surface area (TPSA) is 78.9 Å². The molecule has 1 heterocycles. The van der Waals surface area contributed by atoms with Crippen LogP contribution in [-0.2, 0) is 9.53 Å². The van der Waals surface area contributed by atoms with E-state index in [0.717, 1.165) is 17.9 Å². The number of piperidine rings is 1. The number of aliphatic carboxylic acids is 1. The number of amides is 2. The number of nitrogens with zero attached hydrogens (tertiary/aromatic N) is 1. The average molecular weight is 318 g/mol. The number of ether oxygens (including phenoxy) is 1. The van der Waals surface area contributed by atoms with Crippen molar-refractivity contribution in [3.8, 4) is 0 Å². The van der Waals surface area contributed by atoms with E-state index in [4.69, 9.17) is 9.84 Å². The Morgan fingerprint density at radius 3 is 2.67 bits per heavy atom. The van der Waals surface area contributed by atoms with Gasteiger partial charge < -0.3 is 20.1 Å². The van der Waals surface area contributed by atoms with E-state index in [1.165, 1.54) is 0 Å². The maximum Gasteiger partial charge on any atom is 0.329 e. The van der Waals surface area contributed by atoms with E-state index in [9.17, 15) is 9.59 Å². The molecule has 2 N–H and O–H groups in total. The van der Waals surface area contributed by atoms with Crippen molar-refractivity contribution in [2.75, 3.05) is 31.2 Å². The molecular weight excluding hydrogens is 292 g/mol. The number of carboxylic acids is 1. The summed E-state index contributed by atoms with van der Waals surface area (Å²) in [5, 5.41) is 11.6. The predicted octanol–water partition coefficient (Wildman–Crippen LogP) is 1.79. The molecule has 6 nitrogen and oxygen atoms in total. The highest BCUT2D eigenvalue weighted by Crippen LogP contribution is 2.14. The monoisotopic (exact) mass is 318 g/mol. The van der Waals surface area contributed by atoms with Crippen molar-refractivity contribution >= 4 is 23.8 Å². The van der Waals surface area contributed by atoms with Gasteiger partial charge in [0.2, 0.25) is 0 Å². The molecule has 0 aromatic rings. The minimum Gasteiger partial charge on any atom is -0.480 e. The molecule has 7 heteroatoms. The Kier molecular flexibility index (Phi) is 8.52. The molecule has 0 spiro atoms. The fourth-order valence-corrected chi connectivity index (χ4v) is 3.00. The first kappa shape index (κ1) is 18.1. The van der Waals surface area contributed by atoms with Crippen LogP contribution >= 0.6 is 11.8 Å². The quantitative estimate of drug-likeness (QED) is 0.667.